The van der Waals surface area contributed by atoms with Gasteiger partial charge in [-0.3, -0.25) is 14.6 Å². The molecule has 0 radical (unpaired) electrons. The van der Waals surface area contributed by atoms with E-state index < -0.39 is 0 Å². The molecule has 3 rings (SSSR count). The zero-order chi connectivity index (χ0) is 17.6. The number of aromatic nitrogens is 1. The molecule has 1 saturated heterocycles. The van der Waals surface area contributed by atoms with Crippen LogP contribution in [0.2, 0.25) is 0 Å². The van der Waals surface area contributed by atoms with Crippen LogP contribution in [0.15, 0.2) is 48.8 Å². The fourth-order valence-electron chi connectivity index (χ4n) is 3.06. The molecule has 0 aliphatic carbocycles. The Bertz CT molecular complexity index is 720. The van der Waals surface area contributed by atoms with Crippen LogP contribution in [0.25, 0.3) is 0 Å². The van der Waals surface area contributed by atoms with Crippen molar-refractivity contribution in [3.05, 3.63) is 65.5 Å². The average Bonchev–Trinajstić information content (AvgIpc) is 2.67. The zero-order valence-corrected chi connectivity index (χ0v) is 14.4. The van der Waals surface area contributed by atoms with Crippen LogP contribution >= 0.6 is 0 Å². The first-order chi connectivity index (χ1) is 12.1. The molecule has 1 N–H and O–H groups in total. The summed E-state index contributed by atoms with van der Waals surface area (Å²) in [4.78, 5) is 30.4. The Hall–Kier alpha value is -2.69. The minimum atomic E-state index is -0.0335. The Balaban J connectivity index is 1.45. The summed E-state index contributed by atoms with van der Waals surface area (Å²) in [6.07, 6.45) is 5.08. The third-order valence-electron chi connectivity index (χ3n) is 4.68. The number of pyridine rings is 1. The number of likely N-dealkylation sites (tertiary alicyclic amines) is 1. The van der Waals surface area contributed by atoms with Gasteiger partial charge in [0.25, 0.3) is 11.8 Å². The number of nitrogens with zero attached hydrogens (tertiary/aromatic N) is 2. The van der Waals surface area contributed by atoms with E-state index in [4.69, 9.17) is 0 Å². The van der Waals surface area contributed by atoms with E-state index >= 15 is 0 Å². The summed E-state index contributed by atoms with van der Waals surface area (Å²) < 4.78 is 0. The van der Waals surface area contributed by atoms with Crippen LogP contribution in [0.5, 0.6) is 0 Å². The first kappa shape index (κ1) is 17.1. The molecule has 1 fully saturated rings. The minimum absolute atomic E-state index is 0.0335. The molecule has 2 heterocycles. The molecule has 130 valence electrons. The van der Waals surface area contributed by atoms with Crippen LogP contribution < -0.4 is 5.32 Å². The highest BCUT2D eigenvalue weighted by molar-refractivity contribution is 5.94. The molecule has 5 heteroatoms. The molecule has 1 aromatic carbocycles. The fraction of sp³-hybridized carbons (Fsp3) is 0.350. The quantitative estimate of drug-likeness (QED) is 0.933. The van der Waals surface area contributed by atoms with Gasteiger partial charge < -0.3 is 10.2 Å². The molecule has 1 aliphatic rings. The Kier molecular flexibility index (Phi) is 5.43. The molecule has 0 unspecified atom stereocenters. The lowest BCUT2D eigenvalue weighted by atomic mass is 9.96. The first-order valence-corrected chi connectivity index (χ1v) is 8.67. The Morgan fingerprint density at radius 2 is 1.84 bits per heavy atom. The molecule has 2 aromatic rings. The van der Waals surface area contributed by atoms with Gasteiger partial charge >= 0.3 is 0 Å². The van der Waals surface area contributed by atoms with Crippen molar-refractivity contribution in [2.45, 2.75) is 19.8 Å². The maximum absolute atomic E-state index is 12.4. The Morgan fingerprint density at radius 1 is 1.12 bits per heavy atom. The number of benzene rings is 1. The van der Waals surface area contributed by atoms with E-state index in [0.29, 0.717) is 23.6 Å². The molecule has 1 aliphatic heterocycles. The van der Waals surface area contributed by atoms with Crippen LogP contribution in [0, 0.1) is 12.8 Å². The molecule has 25 heavy (non-hydrogen) atoms. The van der Waals surface area contributed by atoms with Crippen LogP contribution in [0.3, 0.4) is 0 Å². The van der Waals surface area contributed by atoms with Gasteiger partial charge in [0.05, 0.1) is 5.56 Å². The lowest BCUT2D eigenvalue weighted by Crippen LogP contribution is -2.41. The average molecular weight is 337 g/mol. The van der Waals surface area contributed by atoms with Crippen LogP contribution in [0.1, 0.15) is 39.1 Å². The van der Waals surface area contributed by atoms with E-state index in [1.807, 2.05) is 36.1 Å². The highest BCUT2D eigenvalue weighted by atomic mass is 16.2. The van der Waals surface area contributed by atoms with Crippen LogP contribution in [-0.2, 0) is 0 Å². The summed E-state index contributed by atoms with van der Waals surface area (Å²) in [5, 5.41) is 3.01. The Labute approximate surface area is 148 Å². The predicted octanol–water partition coefficient (Wildman–Crippen LogP) is 2.67. The third kappa shape index (κ3) is 4.44. The number of hydrogen-bond acceptors (Lipinski definition) is 3. The first-order valence-electron chi connectivity index (χ1n) is 8.67. The fourth-order valence-corrected chi connectivity index (χ4v) is 3.06. The molecule has 1 aromatic heterocycles. The molecular weight excluding hydrogens is 314 g/mol. The number of nitrogens with one attached hydrogen (secondary N) is 1. The molecular formula is C20H23N3O2. The molecule has 2 amide bonds. The summed E-state index contributed by atoms with van der Waals surface area (Å²) in [5.41, 5.74) is 2.46. The minimum Gasteiger partial charge on any atom is -0.352 e. The highest BCUT2D eigenvalue weighted by Gasteiger charge is 2.24. The molecule has 0 bridgehead atoms. The van der Waals surface area contributed by atoms with Gasteiger partial charge in [-0.1, -0.05) is 17.7 Å². The normalized spacial score (nSPS) is 15.0. The van der Waals surface area contributed by atoms with E-state index in [2.05, 4.69) is 10.3 Å². The number of hydrogen-bond donors (Lipinski definition) is 1. The van der Waals surface area contributed by atoms with Crippen molar-refractivity contribution in [1.82, 2.24) is 15.2 Å². The lowest BCUT2D eigenvalue weighted by molar-refractivity contribution is 0.0684. The van der Waals surface area contributed by atoms with E-state index in [1.54, 1.807) is 24.5 Å². The van der Waals surface area contributed by atoms with Crippen LogP contribution in [0.4, 0.5) is 0 Å². The van der Waals surface area contributed by atoms with E-state index in [9.17, 15) is 9.59 Å². The predicted molar refractivity (Wildman–Crippen MR) is 96.4 cm³/mol. The van der Waals surface area contributed by atoms with Gasteiger partial charge in [0.15, 0.2) is 0 Å². The van der Waals surface area contributed by atoms with Crippen molar-refractivity contribution in [1.29, 1.82) is 0 Å². The monoisotopic (exact) mass is 337 g/mol. The Morgan fingerprint density at radius 3 is 2.48 bits per heavy atom. The van der Waals surface area contributed by atoms with E-state index in [1.165, 1.54) is 0 Å². The molecule has 0 spiro atoms. The van der Waals surface area contributed by atoms with Crippen molar-refractivity contribution in [3.8, 4) is 0 Å². The van der Waals surface area contributed by atoms with Crippen molar-refractivity contribution < 1.29 is 9.59 Å². The molecule has 0 atom stereocenters. The number of carbonyl (C=O) groups is 2. The third-order valence-corrected chi connectivity index (χ3v) is 4.68. The maximum Gasteiger partial charge on any atom is 0.255 e. The van der Waals surface area contributed by atoms with Crippen LogP contribution in [-0.4, -0.2) is 41.3 Å². The second-order valence-electron chi connectivity index (χ2n) is 6.55. The number of rotatable bonds is 4. The van der Waals surface area contributed by atoms with E-state index in [0.717, 1.165) is 31.5 Å². The maximum atomic E-state index is 12.4. The van der Waals surface area contributed by atoms with Gasteiger partial charge in [-0.05, 0) is 49.9 Å². The van der Waals surface area contributed by atoms with Crippen molar-refractivity contribution in [2.75, 3.05) is 19.6 Å². The number of aryl methyl sites for hydroxylation is 1. The molecule has 0 saturated carbocycles. The topological polar surface area (TPSA) is 62.3 Å². The smallest absolute Gasteiger partial charge is 0.255 e. The van der Waals surface area contributed by atoms with Gasteiger partial charge in [-0.25, -0.2) is 0 Å². The van der Waals surface area contributed by atoms with Gasteiger partial charge in [0.2, 0.25) is 0 Å². The summed E-state index contributed by atoms with van der Waals surface area (Å²) >= 11 is 0. The second kappa shape index (κ2) is 7.92. The zero-order valence-electron chi connectivity index (χ0n) is 14.4. The number of piperidine rings is 1. The number of amides is 2. The van der Waals surface area contributed by atoms with Crippen molar-refractivity contribution in [3.63, 3.8) is 0 Å². The van der Waals surface area contributed by atoms with Crippen molar-refractivity contribution >= 4 is 11.8 Å². The summed E-state index contributed by atoms with van der Waals surface area (Å²) in [5.74, 6) is 0.413. The number of carbonyl (C=O) groups excluding carboxylic acids is 2. The van der Waals surface area contributed by atoms with E-state index in [-0.39, 0.29) is 11.8 Å². The van der Waals surface area contributed by atoms with Crippen molar-refractivity contribution in [2.24, 2.45) is 5.92 Å². The largest absolute Gasteiger partial charge is 0.352 e. The van der Waals surface area contributed by atoms with Gasteiger partial charge in [-0.15, -0.1) is 0 Å². The summed E-state index contributed by atoms with van der Waals surface area (Å²) in [6, 6.07) is 11.2. The summed E-state index contributed by atoms with van der Waals surface area (Å²) in [7, 11) is 0. The van der Waals surface area contributed by atoms with Gasteiger partial charge in [0.1, 0.15) is 0 Å². The molecule has 5 nitrogen and oxygen atoms in total. The summed E-state index contributed by atoms with van der Waals surface area (Å²) in [6.45, 7) is 4.10. The second-order valence-corrected chi connectivity index (χ2v) is 6.55. The SMILES string of the molecule is Cc1ccc(C(=O)NCC2CCN(C(=O)c3cccnc3)CC2)cc1. The van der Waals surface area contributed by atoms with Gasteiger partial charge in [-0.2, -0.15) is 0 Å². The van der Waals surface area contributed by atoms with Gasteiger partial charge in [0, 0.05) is 37.6 Å². The lowest BCUT2D eigenvalue weighted by Gasteiger charge is -2.32. The standard InChI is InChI=1S/C20H23N3O2/c1-15-4-6-17(7-5-15)19(24)22-13-16-8-11-23(12-9-16)20(25)18-3-2-10-21-14-18/h2-7,10,14,16H,8-9,11-13H2,1H3,(H,22,24). The highest BCUT2D eigenvalue weighted by Crippen LogP contribution is 2.18.